The lowest BCUT2D eigenvalue weighted by molar-refractivity contribution is 0.0518. The minimum Gasteiger partial charge on any atom is -0.443 e. The molecule has 122 valence electrons. The molecule has 0 spiro atoms. The van der Waals surface area contributed by atoms with Gasteiger partial charge < -0.3 is 9.47 Å². The van der Waals surface area contributed by atoms with Gasteiger partial charge in [-0.1, -0.05) is 30.3 Å². The maximum atomic E-state index is 12.7. The number of carbonyl (C=O) groups excluding carboxylic acids is 1. The van der Waals surface area contributed by atoms with E-state index in [1.807, 2.05) is 39.0 Å². The molecule has 0 N–H and O–H groups in total. The highest BCUT2D eigenvalue weighted by molar-refractivity contribution is 5.74. The Morgan fingerprint density at radius 3 is 2.70 bits per heavy atom. The third kappa shape index (κ3) is 3.64. The minimum atomic E-state index is -0.510. The van der Waals surface area contributed by atoms with Crippen molar-refractivity contribution < 1.29 is 14.3 Å². The molecular weight excluding hydrogens is 290 g/mol. The number of benzene rings is 1. The van der Waals surface area contributed by atoms with Gasteiger partial charge in [0.2, 0.25) is 0 Å². The van der Waals surface area contributed by atoms with Gasteiger partial charge in [0.15, 0.2) is 0 Å². The summed E-state index contributed by atoms with van der Waals surface area (Å²) in [5.74, 6) is 0. The van der Waals surface area contributed by atoms with Crippen molar-refractivity contribution in [3.63, 3.8) is 0 Å². The van der Waals surface area contributed by atoms with E-state index in [4.69, 9.17) is 9.47 Å². The topological polar surface area (TPSA) is 40.5 Å². The molecule has 0 saturated carbocycles. The van der Waals surface area contributed by atoms with Crippen molar-refractivity contribution >= 4 is 6.09 Å². The van der Waals surface area contributed by atoms with Crippen LogP contribution in [-0.2, 0) is 28.9 Å². The summed E-state index contributed by atoms with van der Waals surface area (Å²) in [6.45, 7) is 6.87. The molecule has 1 aliphatic heterocycles. The molecule has 0 bridgehead atoms. The third-order valence-corrected chi connectivity index (χ3v) is 3.81. The number of fused-ring (bicyclic) bond motifs is 1. The lowest BCUT2D eigenvalue weighted by Gasteiger charge is -2.22. The molecule has 2 aromatic rings. The second-order valence-corrected chi connectivity index (χ2v) is 6.89. The van der Waals surface area contributed by atoms with Crippen molar-refractivity contribution in [1.29, 1.82) is 0 Å². The first kappa shape index (κ1) is 15.8. The van der Waals surface area contributed by atoms with Gasteiger partial charge in [0.05, 0.1) is 13.2 Å². The van der Waals surface area contributed by atoms with Gasteiger partial charge in [-0.3, -0.25) is 4.57 Å². The van der Waals surface area contributed by atoms with Gasteiger partial charge in [-0.2, -0.15) is 0 Å². The Labute approximate surface area is 137 Å². The molecular formula is C19H23NO3. The zero-order valence-corrected chi connectivity index (χ0v) is 14.0. The van der Waals surface area contributed by atoms with E-state index in [-0.39, 0.29) is 6.09 Å². The first-order valence-corrected chi connectivity index (χ1v) is 8.01. The predicted octanol–water partition coefficient (Wildman–Crippen LogP) is 3.93. The summed E-state index contributed by atoms with van der Waals surface area (Å²) in [4.78, 5) is 12.7. The van der Waals surface area contributed by atoms with E-state index in [2.05, 4.69) is 18.2 Å². The van der Waals surface area contributed by atoms with E-state index in [0.717, 1.165) is 23.4 Å². The minimum absolute atomic E-state index is 0.299. The molecule has 0 aliphatic carbocycles. The van der Waals surface area contributed by atoms with E-state index >= 15 is 0 Å². The van der Waals surface area contributed by atoms with E-state index < -0.39 is 5.60 Å². The van der Waals surface area contributed by atoms with E-state index in [1.165, 1.54) is 5.56 Å². The Kier molecular flexibility index (Phi) is 4.26. The lowest BCUT2D eigenvalue weighted by atomic mass is 10.1. The Balaban J connectivity index is 1.98. The number of hydrogen-bond acceptors (Lipinski definition) is 3. The number of aromatic nitrogens is 1. The molecule has 2 heterocycles. The van der Waals surface area contributed by atoms with Crippen LogP contribution in [0.3, 0.4) is 0 Å². The van der Waals surface area contributed by atoms with Gasteiger partial charge in [0.1, 0.15) is 5.60 Å². The number of hydrogen-bond donors (Lipinski definition) is 0. The molecule has 1 aromatic carbocycles. The van der Waals surface area contributed by atoms with E-state index in [1.54, 1.807) is 4.57 Å². The Hall–Kier alpha value is -2.07. The highest BCUT2D eigenvalue weighted by Crippen LogP contribution is 2.25. The maximum absolute atomic E-state index is 12.7. The molecule has 0 saturated heterocycles. The molecule has 1 aromatic heterocycles. The molecule has 4 nitrogen and oxygen atoms in total. The molecule has 0 radical (unpaired) electrons. The highest BCUT2D eigenvalue weighted by atomic mass is 16.6. The van der Waals surface area contributed by atoms with Crippen LogP contribution in [0, 0.1) is 0 Å². The Bertz CT molecular complexity index is 695. The standard InChI is InChI=1S/C19H23NO3/c1-19(2,3)23-18(21)20-16(11-14-7-5-4-6-8-14)12-15-13-22-10-9-17(15)20/h4-8,12H,9-11,13H2,1-3H3. The van der Waals surface area contributed by atoms with Crippen LogP contribution >= 0.6 is 0 Å². The van der Waals surface area contributed by atoms with Crippen molar-refractivity contribution in [3.8, 4) is 0 Å². The zero-order valence-electron chi connectivity index (χ0n) is 14.0. The molecule has 4 heteroatoms. The predicted molar refractivity (Wildman–Crippen MR) is 88.7 cm³/mol. The van der Waals surface area contributed by atoms with Gasteiger partial charge in [-0.25, -0.2) is 4.79 Å². The highest BCUT2D eigenvalue weighted by Gasteiger charge is 2.26. The first-order chi connectivity index (χ1) is 10.9. The van der Waals surface area contributed by atoms with Crippen LogP contribution < -0.4 is 0 Å². The lowest BCUT2D eigenvalue weighted by Crippen LogP contribution is -2.30. The van der Waals surface area contributed by atoms with Gasteiger partial charge in [0, 0.05) is 24.2 Å². The summed E-state index contributed by atoms with van der Waals surface area (Å²) in [6, 6.07) is 12.2. The summed E-state index contributed by atoms with van der Waals surface area (Å²) in [5, 5.41) is 0. The summed E-state index contributed by atoms with van der Waals surface area (Å²) in [5.41, 5.74) is 3.74. The molecule has 1 aliphatic rings. The monoisotopic (exact) mass is 313 g/mol. The van der Waals surface area contributed by atoms with Gasteiger partial charge in [0.25, 0.3) is 0 Å². The second-order valence-electron chi connectivity index (χ2n) is 6.89. The molecule has 23 heavy (non-hydrogen) atoms. The number of ether oxygens (including phenoxy) is 2. The maximum Gasteiger partial charge on any atom is 0.418 e. The van der Waals surface area contributed by atoms with Crippen molar-refractivity contribution in [2.75, 3.05) is 6.61 Å². The SMILES string of the molecule is CC(C)(C)OC(=O)n1c(Cc2ccccc2)cc2c1CCOC2. The summed E-state index contributed by atoms with van der Waals surface area (Å²) >= 11 is 0. The van der Waals surface area contributed by atoms with E-state index in [0.29, 0.717) is 19.6 Å². The smallest absolute Gasteiger partial charge is 0.418 e. The molecule has 0 atom stereocenters. The van der Waals surface area contributed by atoms with Crippen LogP contribution in [0.5, 0.6) is 0 Å². The molecule has 0 amide bonds. The fourth-order valence-electron chi connectivity index (χ4n) is 2.88. The Morgan fingerprint density at radius 2 is 2.00 bits per heavy atom. The third-order valence-electron chi connectivity index (χ3n) is 3.81. The number of nitrogens with zero attached hydrogens (tertiary/aromatic N) is 1. The van der Waals surface area contributed by atoms with Crippen molar-refractivity contribution in [2.24, 2.45) is 0 Å². The van der Waals surface area contributed by atoms with Crippen LogP contribution in [0.2, 0.25) is 0 Å². The van der Waals surface area contributed by atoms with Crippen LogP contribution in [0.15, 0.2) is 36.4 Å². The van der Waals surface area contributed by atoms with Crippen LogP contribution in [0.1, 0.15) is 43.3 Å². The van der Waals surface area contributed by atoms with Crippen LogP contribution in [0.25, 0.3) is 0 Å². The fraction of sp³-hybridized carbons (Fsp3) is 0.421. The van der Waals surface area contributed by atoms with Crippen molar-refractivity contribution in [3.05, 3.63) is 58.9 Å². The molecule has 0 unspecified atom stereocenters. The van der Waals surface area contributed by atoms with Crippen molar-refractivity contribution in [2.45, 2.75) is 45.8 Å². The number of carbonyl (C=O) groups is 1. The molecule has 0 fully saturated rings. The quantitative estimate of drug-likeness (QED) is 0.843. The first-order valence-electron chi connectivity index (χ1n) is 8.01. The normalized spacial score (nSPS) is 14.4. The Morgan fingerprint density at radius 1 is 1.26 bits per heavy atom. The summed E-state index contributed by atoms with van der Waals surface area (Å²) in [6.07, 6.45) is 1.14. The van der Waals surface area contributed by atoms with E-state index in [9.17, 15) is 4.79 Å². The average molecular weight is 313 g/mol. The van der Waals surface area contributed by atoms with Crippen LogP contribution in [-0.4, -0.2) is 22.9 Å². The van der Waals surface area contributed by atoms with Gasteiger partial charge in [-0.05, 0) is 38.0 Å². The van der Waals surface area contributed by atoms with Gasteiger partial charge >= 0.3 is 6.09 Å². The van der Waals surface area contributed by atoms with Crippen LogP contribution in [0.4, 0.5) is 4.79 Å². The fourth-order valence-corrected chi connectivity index (χ4v) is 2.88. The second kappa shape index (κ2) is 6.20. The summed E-state index contributed by atoms with van der Waals surface area (Å²) < 4.78 is 12.9. The summed E-state index contributed by atoms with van der Waals surface area (Å²) in [7, 11) is 0. The zero-order chi connectivity index (χ0) is 16.4. The number of rotatable bonds is 2. The van der Waals surface area contributed by atoms with Gasteiger partial charge in [-0.15, -0.1) is 0 Å². The average Bonchev–Trinajstić information content (AvgIpc) is 2.84. The molecule has 3 rings (SSSR count). The largest absolute Gasteiger partial charge is 0.443 e. The van der Waals surface area contributed by atoms with Crippen molar-refractivity contribution in [1.82, 2.24) is 4.57 Å².